The van der Waals surface area contributed by atoms with Crippen LogP contribution >= 0.6 is 11.6 Å². The molecular weight excluding hydrogens is 338 g/mol. The number of nitriles is 1. The standard InChI is InChI=1S/C15H20ClN3O3S/c1-22-7-6-19-5-4-13(11-19)10-18-23(20,21)15-3-2-12(9-17)8-14(15)16/h2-3,8,13,18H,4-7,10-11H2,1H3/t13-/m0/s1. The molecule has 0 aliphatic carbocycles. The highest BCUT2D eigenvalue weighted by molar-refractivity contribution is 7.89. The van der Waals surface area contributed by atoms with E-state index in [1.54, 1.807) is 7.11 Å². The third-order valence-electron chi connectivity index (χ3n) is 3.89. The molecule has 2 rings (SSSR count). The predicted octanol–water partition coefficient (Wildman–Crippen LogP) is 1.46. The van der Waals surface area contributed by atoms with E-state index in [1.165, 1.54) is 18.2 Å². The largest absolute Gasteiger partial charge is 0.383 e. The number of sulfonamides is 1. The van der Waals surface area contributed by atoms with Gasteiger partial charge in [-0.2, -0.15) is 5.26 Å². The van der Waals surface area contributed by atoms with Gasteiger partial charge in [0.1, 0.15) is 4.90 Å². The van der Waals surface area contributed by atoms with Crippen molar-refractivity contribution >= 4 is 21.6 Å². The van der Waals surface area contributed by atoms with Crippen molar-refractivity contribution < 1.29 is 13.2 Å². The van der Waals surface area contributed by atoms with Crippen molar-refractivity contribution in [3.05, 3.63) is 28.8 Å². The summed E-state index contributed by atoms with van der Waals surface area (Å²) >= 11 is 5.98. The zero-order valence-electron chi connectivity index (χ0n) is 13.0. The van der Waals surface area contributed by atoms with Crippen molar-refractivity contribution in [2.75, 3.05) is 39.9 Å². The average Bonchev–Trinajstić information content (AvgIpc) is 2.98. The molecule has 1 atom stereocenters. The quantitative estimate of drug-likeness (QED) is 0.798. The van der Waals surface area contributed by atoms with Crippen molar-refractivity contribution in [2.24, 2.45) is 5.92 Å². The van der Waals surface area contributed by atoms with Gasteiger partial charge in [-0.1, -0.05) is 11.6 Å². The van der Waals surface area contributed by atoms with Gasteiger partial charge in [-0.3, -0.25) is 0 Å². The summed E-state index contributed by atoms with van der Waals surface area (Å²) in [6.45, 7) is 3.73. The maximum Gasteiger partial charge on any atom is 0.242 e. The monoisotopic (exact) mass is 357 g/mol. The van der Waals surface area contributed by atoms with E-state index < -0.39 is 10.0 Å². The Morgan fingerprint density at radius 2 is 2.30 bits per heavy atom. The van der Waals surface area contributed by atoms with Crippen LogP contribution in [0.15, 0.2) is 23.1 Å². The number of methoxy groups -OCH3 is 1. The number of benzene rings is 1. The van der Waals surface area contributed by atoms with Gasteiger partial charge in [-0.05, 0) is 37.1 Å². The summed E-state index contributed by atoms with van der Waals surface area (Å²) in [6, 6.07) is 6.10. The van der Waals surface area contributed by atoms with Crippen LogP contribution in [0, 0.1) is 17.2 Å². The third-order valence-corrected chi connectivity index (χ3v) is 5.80. The summed E-state index contributed by atoms with van der Waals surface area (Å²) in [5.41, 5.74) is 0.332. The summed E-state index contributed by atoms with van der Waals surface area (Å²) in [5.74, 6) is 0.277. The maximum atomic E-state index is 12.4. The fraction of sp³-hybridized carbons (Fsp3) is 0.533. The van der Waals surface area contributed by atoms with Gasteiger partial charge in [0.05, 0.1) is 23.3 Å². The first-order valence-corrected chi connectivity index (χ1v) is 9.23. The molecule has 0 unspecified atom stereocenters. The minimum atomic E-state index is -3.67. The number of halogens is 1. The molecule has 0 radical (unpaired) electrons. The lowest BCUT2D eigenvalue weighted by molar-refractivity contribution is 0.159. The number of likely N-dealkylation sites (tertiary alicyclic amines) is 1. The molecule has 0 amide bonds. The molecule has 1 aromatic carbocycles. The summed E-state index contributed by atoms with van der Waals surface area (Å²) in [5, 5.41) is 8.86. The van der Waals surface area contributed by atoms with E-state index in [2.05, 4.69) is 9.62 Å². The molecule has 1 N–H and O–H groups in total. The molecule has 0 aromatic heterocycles. The summed E-state index contributed by atoms with van der Waals surface area (Å²) < 4.78 is 32.4. The second kappa shape index (κ2) is 8.08. The van der Waals surface area contributed by atoms with Crippen LogP contribution in [0.4, 0.5) is 0 Å². The fourth-order valence-electron chi connectivity index (χ4n) is 2.60. The van der Waals surface area contributed by atoms with Gasteiger partial charge in [-0.25, -0.2) is 13.1 Å². The van der Waals surface area contributed by atoms with Crippen LogP contribution < -0.4 is 4.72 Å². The molecule has 8 heteroatoms. The first-order chi connectivity index (χ1) is 11.0. The van der Waals surface area contributed by atoms with Gasteiger partial charge in [0.2, 0.25) is 10.0 Å². The highest BCUT2D eigenvalue weighted by Gasteiger charge is 2.25. The Morgan fingerprint density at radius 1 is 1.52 bits per heavy atom. The zero-order valence-corrected chi connectivity index (χ0v) is 14.5. The molecule has 1 heterocycles. The van der Waals surface area contributed by atoms with Crippen molar-refractivity contribution in [3.8, 4) is 6.07 Å². The van der Waals surface area contributed by atoms with Crippen LogP contribution in [-0.2, 0) is 14.8 Å². The van der Waals surface area contributed by atoms with Crippen LogP contribution in [0.25, 0.3) is 0 Å². The Kier molecular flexibility index (Phi) is 6.39. The first kappa shape index (κ1) is 18.2. The molecule has 1 aromatic rings. The molecule has 0 bridgehead atoms. The van der Waals surface area contributed by atoms with Gasteiger partial charge in [0.25, 0.3) is 0 Å². The maximum absolute atomic E-state index is 12.4. The molecule has 1 saturated heterocycles. The SMILES string of the molecule is COCCN1CC[C@@H](CNS(=O)(=O)c2ccc(C#N)cc2Cl)C1. The second-order valence-corrected chi connectivity index (χ2v) is 7.70. The molecule has 0 spiro atoms. The molecule has 0 saturated carbocycles. The van der Waals surface area contributed by atoms with Gasteiger partial charge >= 0.3 is 0 Å². The lowest BCUT2D eigenvalue weighted by Gasteiger charge is -2.16. The summed E-state index contributed by atoms with van der Waals surface area (Å²) in [4.78, 5) is 2.27. The zero-order chi connectivity index (χ0) is 16.9. The molecular formula is C15H20ClN3O3S. The number of rotatable bonds is 7. The number of nitrogens with one attached hydrogen (secondary N) is 1. The Bertz CT molecular complexity index is 688. The van der Waals surface area contributed by atoms with Gasteiger partial charge < -0.3 is 9.64 Å². The normalized spacial score (nSPS) is 18.9. The Labute approximate surface area is 142 Å². The van der Waals surface area contributed by atoms with E-state index in [-0.39, 0.29) is 15.8 Å². The minimum absolute atomic E-state index is 0.00685. The van der Waals surface area contributed by atoms with Crippen molar-refractivity contribution in [3.63, 3.8) is 0 Å². The number of hydrogen-bond donors (Lipinski definition) is 1. The lowest BCUT2D eigenvalue weighted by atomic mass is 10.1. The van der Waals surface area contributed by atoms with E-state index in [1.807, 2.05) is 6.07 Å². The highest BCUT2D eigenvalue weighted by Crippen LogP contribution is 2.23. The van der Waals surface area contributed by atoms with Gasteiger partial charge in [0.15, 0.2) is 0 Å². The number of ether oxygens (including phenoxy) is 1. The minimum Gasteiger partial charge on any atom is -0.383 e. The number of hydrogen-bond acceptors (Lipinski definition) is 5. The van der Waals surface area contributed by atoms with Gasteiger partial charge in [-0.15, -0.1) is 0 Å². The first-order valence-electron chi connectivity index (χ1n) is 7.37. The van der Waals surface area contributed by atoms with E-state index in [4.69, 9.17) is 21.6 Å². The lowest BCUT2D eigenvalue weighted by Crippen LogP contribution is -2.32. The highest BCUT2D eigenvalue weighted by atomic mass is 35.5. The van der Waals surface area contributed by atoms with Crippen molar-refractivity contribution in [1.29, 1.82) is 5.26 Å². The van der Waals surface area contributed by atoms with E-state index >= 15 is 0 Å². The Hall–Kier alpha value is -1.17. The van der Waals surface area contributed by atoms with Crippen LogP contribution in [0.1, 0.15) is 12.0 Å². The van der Waals surface area contributed by atoms with Crippen LogP contribution in [0.5, 0.6) is 0 Å². The average molecular weight is 358 g/mol. The fourth-order valence-corrected chi connectivity index (χ4v) is 4.26. The van der Waals surface area contributed by atoms with E-state index in [9.17, 15) is 8.42 Å². The Morgan fingerprint density at radius 3 is 2.96 bits per heavy atom. The molecule has 126 valence electrons. The molecule has 6 nitrogen and oxygen atoms in total. The molecule has 1 aliphatic heterocycles. The predicted molar refractivity (Wildman–Crippen MR) is 87.8 cm³/mol. The Balaban J connectivity index is 1.94. The third kappa shape index (κ3) is 4.90. The van der Waals surface area contributed by atoms with E-state index in [0.717, 1.165) is 26.1 Å². The topological polar surface area (TPSA) is 82.4 Å². The molecule has 23 heavy (non-hydrogen) atoms. The summed E-state index contributed by atoms with van der Waals surface area (Å²) in [6.07, 6.45) is 0.952. The smallest absolute Gasteiger partial charge is 0.242 e. The number of nitrogens with zero attached hydrogens (tertiary/aromatic N) is 2. The molecule has 1 aliphatic rings. The van der Waals surface area contributed by atoms with Crippen molar-refractivity contribution in [2.45, 2.75) is 11.3 Å². The van der Waals surface area contributed by atoms with Crippen LogP contribution in [0.3, 0.4) is 0 Å². The van der Waals surface area contributed by atoms with Crippen LogP contribution in [0.2, 0.25) is 5.02 Å². The van der Waals surface area contributed by atoms with Crippen LogP contribution in [-0.4, -0.2) is 53.2 Å². The summed E-state index contributed by atoms with van der Waals surface area (Å²) in [7, 11) is -2.00. The van der Waals surface area contributed by atoms with Crippen molar-refractivity contribution in [1.82, 2.24) is 9.62 Å². The van der Waals surface area contributed by atoms with Gasteiger partial charge in [0, 0.05) is 26.7 Å². The van der Waals surface area contributed by atoms with E-state index in [0.29, 0.717) is 18.7 Å². The second-order valence-electron chi connectivity index (χ2n) is 5.56. The molecule has 1 fully saturated rings.